The Hall–Kier alpha value is -1.66. The first kappa shape index (κ1) is 13.8. The Kier molecular flexibility index (Phi) is 4.01. The molecule has 1 aromatic carbocycles. The molecule has 0 atom stereocenters. The molecule has 0 aliphatic heterocycles. The Labute approximate surface area is 112 Å². The first-order chi connectivity index (χ1) is 8.96. The van der Waals surface area contributed by atoms with E-state index in [1.807, 2.05) is 31.2 Å². The van der Waals surface area contributed by atoms with Crippen LogP contribution in [0.25, 0.3) is 10.9 Å². The van der Waals surface area contributed by atoms with Gasteiger partial charge in [-0.2, -0.15) is 0 Å². The zero-order valence-electron chi connectivity index (χ0n) is 10.8. The lowest BCUT2D eigenvalue weighted by molar-refractivity contribution is 0.595. The summed E-state index contributed by atoms with van der Waals surface area (Å²) in [5.41, 5.74) is 1.95. The van der Waals surface area contributed by atoms with Crippen LogP contribution in [0.3, 0.4) is 0 Å². The molecular formula is C13H17N3O2S. The predicted octanol–water partition coefficient (Wildman–Crippen LogP) is 1.63. The number of nitrogens with two attached hydrogens (primary N) is 1. The molecule has 0 fully saturated rings. The molecule has 0 saturated heterocycles. The standard InChI is InChI=1S/C13H17N3O2S/c1-10-9-11-5-2-3-6-12(11)16-13(10)15-7-4-8-19(14,17)18/h2-3,5-6,9H,4,7-8H2,1H3,(H,15,16)(H2,14,17,18). The van der Waals surface area contributed by atoms with Gasteiger partial charge in [0.15, 0.2) is 0 Å². The van der Waals surface area contributed by atoms with Crippen LogP contribution in [-0.2, 0) is 10.0 Å². The second kappa shape index (κ2) is 5.54. The number of rotatable bonds is 5. The van der Waals surface area contributed by atoms with E-state index < -0.39 is 10.0 Å². The summed E-state index contributed by atoms with van der Waals surface area (Å²) in [5, 5.41) is 9.19. The van der Waals surface area contributed by atoms with Gasteiger partial charge in [0.2, 0.25) is 10.0 Å². The van der Waals surface area contributed by atoms with Gasteiger partial charge in [-0.15, -0.1) is 0 Å². The molecule has 2 aromatic rings. The normalized spacial score (nSPS) is 11.7. The number of hydrogen-bond donors (Lipinski definition) is 2. The topological polar surface area (TPSA) is 85.1 Å². The molecule has 0 radical (unpaired) electrons. The third-order valence-electron chi connectivity index (χ3n) is 2.81. The lowest BCUT2D eigenvalue weighted by Crippen LogP contribution is -2.19. The molecule has 0 saturated carbocycles. The van der Waals surface area contributed by atoms with E-state index in [1.165, 1.54) is 0 Å². The minimum atomic E-state index is -3.38. The van der Waals surface area contributed by atoms with E-state index in [0.717, 1.165) is 22.3 Å². The van der Waals surface area contributed by atoms with Crippen molar-refractivity contribution in [3.8, 4) is 0 Å². The summed E-state index contributed by atoms with van der Waals surface area (Å²) in [6, 6.07) is 9.94. The molecule has 0 spiro atoms. The molecule has 0 bridgehead atoms. The van der Waals surface area contributed by atoms with E-state index in [4.69, 9.17) is 5.14 Å². The highest BCUT2D eigenvalue weighted by molar-refractivity contribution is 7.89. The van der Waals surface area contributed by atoms with Crippen molar-refractivity contribution in [2.75, 3.05) is 17.6 Å². The van der Waals surface area contributed by atoms with Crippen molar-refractivity contribution in [2.45, 2.75) is 13.3 Å². The number of nitrogens with zero attached hydrogens (tertiary/aromatic N) is 1. The molecule has 5 nitrogen and oxygen atoms in total. The van der Waals surface area contributed by atoms with Crippen LogP contribution in [0.1, 0.15) is 12.0 Å². The van der Waals surface area contributed by atoms with Gasteiger partial charge in [-0.25, -0.2) is 18.5 Å². The number of primary sulfonamides is 1. The highest BCUT2D eigenvalue weighted by atomic mass is 32.2. The lowest BCUT2D eigenvalue weighted by Gasteiger charge is -2.09. The third-order valence-corrected chi connectivity index (χ3v) is 3.67. The van der Waals surface area contributed by atoms with Crippen LogP contribution in [0.2, 0.25) is 0 Å². The number of para-hydroxylation sites is 1. The number of fused-ring (bicyclic) bond motifs is 1. The van der Waals surface area contributed by atoms with E-state index in [0.29, 0.717) is 13.0 Å². The van der Waals surface area contributed by atoms with Crippen molar-refractivity contribution < 1.29 is 8.42 Å². The number of aromatic nitrogens is 1. The summed E-state index contributed by atoms with van der Waals surface area (Å²) in [4.78, 5) is 4.52. The monoisotopic (exact) mass is 279 g/mol. The van der Waals surface area contributed by atoms with Gasteiger partial charge in [0.1, 0.15) is 5.82 Å². The van der Waals surface area contributed by atoms with Gasteiger partial charge in [0, 0.05) is 11.9 Å². The Morgan fingerprint density at radius 1 is 1.32 bits per heavy atom. The number of aryl methyl sites for hydroxylation is 1. The zero-order chi connectivity index (χ0) is 13.9. The minimum absolute atomic E-state index is 0.0212. The van der Waals surface area contributed by atoms with Gasteiger partial charge >= 0.3 is 0 Å². The fourth-order valence-corrected chi connectivity index (χ4v) is 2.43. The molecule has 0 aliphatic rings. The quantitative estimate of drug-likeness (QED) is 0.815. The van der Waals surface area contributed by atoms with E-state index in [2.05, 4.69) is 16.4 Å². The Bertz CT molecular complexity index is 683. The van der Waals surface area contributed by atoms with Gasteiger partial charge in [-0.1, -0.05) is 18.2 Å². The number of benzene rings is 1. The van der Waals surface area contributed by atoms with E-state index in [1.54, 1.807) is 0 Å². The SMILES string of the molecule is Cc1cc2ccccc2nc1NCCCS(N)(=O)=O. The number of pyridine rings is 1. The number of sulfonamides is 1. The maximum absolute atomic E-state index is 10.8. The van der Waals surface area contributed by atoms with Crippen molar-refractivity contribution >= 4 is 26.7 Å². The van der Waals surface area contributed by atoms with E-state index in [9.17, 15) is 8.42 Å². The largest absolute Gasteiger partial charge is 0.370 e. The molecule has 0 amide bonds. The summed E-state index contributed by atoms with van der Waals surface area (Å²) >= 11 is 0. The van der Waals surface area contributed by atoms with Gasteiger partial charge < -0.3 is 5.32 Å². The first-order valence-electron chi connectivity index (χ1n) is 6.06. The molecule has 6 heteroatoms. The van der Waals surface area contributed by atoms with Crippen molar-refractivity contribution in [3.63, 3.8) is 0 Å². The highest BCUT2D eigenvalue weighted by Gasteiger charge is 2.04. The van der Waals surface area contributed by atoms with Crippen LogP contribution in [0.4, 0.5) is 5.82 Å². The molecule has 2 rings (SSSR count). The molecule has 0 aliphatic carbocycles. The molecule has 102 valence electrons. The summed E-state index contributed by atoms with van der Waals surface area (Å²) in [6.45, 7) is 2.50. The number of nitrogens with one attached hydrogen (secondary N) is 1. The Balaban J connectivity index is 2.06. The average molecular weight is 279 g/mol. The van der Waals surface area contributed by atoms with Gasteiger partial charge in [-0.05, 0) is 31.0 Å². The van der Waals surface area contributed by atoms with E-state index >= 15 is 0 Å². The van der Waals surface area contributed by atoms with Crippen molar-refractivity contribution in [3.05, 3.63) is 35.9 Å². The summed E-state index contributed by atoms with van der Waals surface area (Å²) in [7, 11) is -3.38. The lowest BCUT2D eigenvalue weighted by atomic mass is 10.1. The van der Waals surface area contributed by atoms with Crippen molar-refractivity contribution in [2.24, 2.45) is 5.14 Å². The van der Waals surface area contributed by atoms with E-state index in [-0.39, 0.29) is 5.75 Å². The molecule has 0 unspecified atom stereocenters. The summed E-state index contributed by atoms with van der Waals surface area (Å²) < 4.78 is 21.6. The van der Waals surface area contributed by atoms with Crippen LogP contribution in [0, 0.1) is 6.92 Å². The van der Waals surface area contributed by atoms with Crippen LogP contribution in [-0.4, -0.2) is 25.7 Å². The maximum atomic E-state index is 10.8. The van der Waals surface area contributed by atoms with Crippen LogP contribution >= 0.6 is 0 Å². The third kappa shape index (κ3) is 3.90. The van der Waals surface area contributed by atoms with Crippen molar-refractivity contribution in [1.82, 2.24) is 4.98 Å². The second-order valence-corrected chi connectivity index (χ2v) is 6.23. The summed E-state index contributed by atoms with van der Waals surface area (Å²) in [6.07, 6.45) is 0.465. The fraction of sp³-hybridized carbons (Fsp3) is 0.308. The van der Waals surface area contributed by atoms with Crippen LogP contribution in [0.5, 0.6) is 0 Å². The maximum Gasteiger partial charge on any atom is 0.209 e. The van der Waals surface area contributed by atoms with Crippen LogP contribution < -0.4 is 10.5 Å². The molecule has 1 aromatic heterocycles. The minimum Gasteiger partial charge on any atom is -0.370 e. The number of anilines is 1. The highest BCUT2D eigenvalue weighted by Crippen LogP contribution is 2.19. The molecule has 1 heterocycles. The zero-order valence-corrected chi connectivity index (χ0v) is 11.6. The van der Waals surface area contributed by atoms with Crippen molar-refractivity contribution in [1.29, 1.82) is 0 Å². The van der Waals surface area contributed by atoms with Gasteiger partial charge in [0.05, 0.1) is 11.3 Å². The van der Waals surface area contributed by atoms with Gasteiger partial charge in [0.25, 0.3) is 0 Å². The fourth-order valence-electron chi connectivity index (χ4n) is 1.88. The summed E-state index contributed by atoms with van der Waals surface area (Å²) in [5.74, 6) is 0.764. The molecular weight excluding hydrogens is 262 g/mol. The number of hydrogen-bond acceptors (Lipinski definition) is 4. The molecule has 3 N–H and O–H groups in total. The predicted molar refractivity (Wildman–Crippen MR) is 77.6 cm³/mol. The van der Waals surface area contributed by atoms with Gasteiger partial charge in [-0.3, -0.25) is 0 Å². The first-order valence-corrected chi connectivity index (χ1v) is 7.78. The smallest absolute Gasteiger partial charge is 0.209 e. The van der Waals surface area contributed by atoms with Crippen LogP contribution in [0.15, 0.2) is 30.3 Å². The second-order valence-electron chi connectivity index (χ2n) is 4.49. The Morgan fingerprint density at radius 2 is 2.05 bits per heavy atom. The molecule has 19 heavy (non-hydrogen) atoms. The average Bonchev–Trinajstić information content (AvgIpc) is 2.33. The Morgan fingerprint density at radius 3 is 2.79 bits per heavy atom.